The molecule has 78 valence electrons. The molecule has 1 rings (SSSR count). The van der Waals surface area contributed by atoms with E-state index in [0.29, 0.717) is 0 Å². The molecule has 0 amide bonds. The predicted molar refractivity (Wildman–Crippen MR) is 50.6 cm³/mol. The van der Waals surface area contributed by atoms with Gasteiger partial charge in [0.25, 0.3) is 0 Å². The van der Waals surface area contributed by atoms with Gasteiger partial charge in [0.2, 0.25) is 0 Å². The lowest BCUT2D eigenvalue weighted by atomic mass is 10.1. The van der Waals surface area contributed by atoms with Crippen molar-refractivity contribution < 1.29 is 19.4 Å². The molecule has 0 fully saturated rings. The third-order valence-corrected chi connectivity index (χ3v) is 1.90. The number of hydrogen-bond acceptors (Lipinski definition) is 4. The van der Waals surface area contributed by atoms with E-state index >= 15 is 0 Å². The van der Waals surface area contributed by atoms with Crippen LogP contribution in [-0.2, 0) is 14.3 Å². The van der Waals surface area contributed by atoms with Gasteiger partial charge in [-0.3, -0.25) is 4.79 Å². The van der Waals surface area contributed by atoms with Crippen molar-refractivity contribution in [1.29, 1.82) is 0 Å². The molecule has 4 nitrogen and oxygen atoms in total. The second-order valence-corrected chi connectivity index (χ2v) is 3.02. The number of aliphatic hydroxyl groups is 1. The Labute approximate surface area is 82.8 Å². The standard InChI is InChI=1S/C10H14O4/c1-3-8-4-5-9(13-7(2)12)10(6-11)14-8/h3-5,8-11H,1,6H2,2H3. The molecule has 3 unspecified atom stereocenters. The van der Waals surface area contributed by atoms with Gasteiger partial charge >= 0.3 is 5.97 Å². The Morgan fingerprint density at radius 1 is 1.71 bits per heavy atom. The van der Waals surface area contributed by atoms with Crippen molar-refractivity contribution in [2.45, 2.75) is 25.2 Å². The zero-order chi connectivity index (χ0) is 10.6. The first-order valence-corrected chi connectivity index (χ1v) is 4.41. The maximum Gasteiger partial charge on any atom is 0.303 e. The fourth-order valence-corrected chi connectivity index (χ4v) is 1.26. The van der Waals surface area contributed by atoms with Crippen LogP contribution in [0, 0.1) is 0 Å². The summed E-state index contributed by atoms with van der Waals surface area (Å²) in [6.07, 6.45) is 3.83. The minimum Gasteiger partial charge on any atom is -0.455 e. The Hall–Kier alpha value is -1.13. The fourth-order valence-electron chi connectivity index (χ4n) is 1.26. The molecule has 0 saturated heterocycles. The third kappa shape index (κ3) is 2.68. The number of hydrogen-bond donors (Lipinski definition) is 1. The van der Waals surface area contributed by atoms with Crippen LogP contribution in [0.5, 0.6) is 0 Å². The normalized spacial score (nSPS) is 31.1. The molecule has 4 heteroatoms. The summed E-state index contributed by atoms with van der Waals surface area (Å²) in [4.78, 5) is 10.7. The molecule has 14 heavy (non-hydrogen) atoms. The average Bonchev–Trinajstić information content (AvgIpc) is 2.17. The second-order valence-electron chi connectivity index (χ2n) is 3.02. The lowest BCUT2D eigenvalue weighted by Crippen LogP contribution is -2.39. The first-order chi connectivity index (χ1) is 6.67. The number of esters is 1. The molecule has 0 bridgehead atoms. The van der Waals surface area contributed by atoms with E-state index in [1.807, 2.05) is 0 Å². The van der Waals surface area contributed by atoms with Crippen molar-refractivity contribution in [1.82, 2.24) is 0 Å². The highest BCUT2D eigenvalue weighted by Gasteiger charge is 2.27. The first kappa shape index (κ1) is 10.9. The van der Waals surface area contributed by atoms with Gasteiger partial charge < -0.3 is 14.6 Å². The molecule has 1 heterocycles. The Balaban J connectivity index is 2.65. The van der Waals surface area contributed by atoms with Crippen molar-refractivity contribution >= 4 is 5.97 Å². The van der Waals surface area contributed by atoms with Crippen LogP contribution in [0.25, 0.3) is 0 Å². The SMILES string of the molecule is C=CC1C=CC(OC(C)=O)C(CO)O1. The van der Waals surface area contributed by atoms with Crippen molar-refractivity contribution in [3.63, 3.8) is 0 Å². The summed E-state index contributed by atoms with van der Waals surface area (Å²) in [5, 5.41) is 9.00. The molecule has 0 aromatic rings. The summed E-state index contributed by atoms with van der Waals surface area (Å²) in [7, 11) is 0. The predicted octanol–water partition coefficient (Wildman–Crippen LogP) is 0.420. The van der Waals surface area contributed by atoms with Gasteiger partial charge in [0.1, 0.15) is 12.2 Å². The van der Waals surface area contributed by atoms with Gasteiger partial charge in [0.05, 0.1) is 12.7 Å². The minimum absolute atomic E-state index is 0.188. The van der Waals surface area contributed by atoms with Crippen LogP contribution in [0.4, 0.5) is 0 Å². The van der Waals surface area contributed by atoms with Crippen LogP contribution in [-0.4, -0.2) is 36.0 Å². The van der Waals surface area contributed by atoms with E-state index in [1.165, 1.54) is 6.92 Å². The number of carbonyl (C=O) groups excluding carboxylic acids is 1. The van der Waals surface area contributed by atoms with E-state index in [2.05, 4.69) is 6.58 Å². The number of aliphatic hydroxyl groups excluding tert-OH is 1. The molecule has 0 aromatic heterocycles. The largest absolute Gasteiger partial charge is 0.455 e. The Bertz CT molecular complexity index is 247. The van der Waals surface area contributed by atoms with E-state index < -0.39 is 18.2 Å². The molecule has 1 N–H and O–H groups in total. The molecule has 0 aliphatic carbocycles. The highest BCUT2D eigenvalue weighted by atomic mass is 16.6. The van der Waals surface area contributed by atoms with Crippen molar-refractivity contribution in [2.75, 3.05) is 6.61 Å². The summed E-state index contributed by atoms with van der Waals surface area (Å²) in [6.45, 7) is 4.71. The summed E-state index contributed by atoms with van der Waals surface area (Å²) in [5.74, 6) is -0.390. The van der Waals surface area contributed by atoms with Gasteiger partial charge in [-0.25, -0.2) is 0 Å². The van der Waals surface area contributed by atoms with Gasteiger partial charge in [0, 0.05) is 6.92 Å². The van der Waals surface area contributed by atoms with E-state index in [0.717, 1.165) is 0 Å². The second kappa shape index (κ2) is 4.93. The van der Waals surface area contributed by atoms with Crippen LogP contribution in [0.3, 0.4) is 0 Å². The van der Waals surface area contributed by atoms with Crippen molar-refractivity contribution in [3.8, 4) is 0 Å². The molecule has 0 radical (unpaired) electrons. The highest BCUT2D eigenvalue weighted by Crippen LogP contribution is 2.16. The number of rotatable bonds is 3. The van der Waals surface area contributed by atoms with Crippen LogP contribution < -0.4 is 0 Å². The number of carbonyl (C=O) groups is 1. The van der Waals surface area contributed by atoms with Gasteiger partial charge in [-0.05, 0) is 6.08 Å². The summed E-state index contributed by atoms with van der Waals surface area (Å²) in [5.41, 5.74) is 0. The van der Waals surface area contributed by atoms with Crippen LogP contribution >= 0.6 is 0 Å². The number of ether oxygens (including phenoxy) is 2. The first-order valence-electron chi connectivity index (χ1n) is 4.41. The lowest BCUT2D eigenvalue weighted by Gasteiger charge is -2.29. The maximum atomic E-state index is 10.7. The summed E-state index contributed by atoms with van der Waals surface area (Å²) >= 11 is 0. The molecule has 0 spiro atoms. The van der Waals surface area contributed by atoms with Gasteiger partial charge in [-0.2, -0.15) is 0 Å². The summed E-state index contributed by atoms with van der Waals surface area (Å²) in [6, 6.07) is 0. The Morgan fingerprint density at radius 2 is 2.43 bits per heavy atom. The van der Waals surface area contributed by atoms with E-state index in [9.17, 15) is 4.79 Å². The monoisotopic (exact) mass is 198 g/mol. The third-order valence-electron chi connectivity index (χ3n) is 1.90. The zero-order valence-corrected chi connectivity index (χ0v) is 8.05. The topological polar surface area (TPSA) is 55.8 Å². The van der Waals surface area contributed by atoms with Crippen molar-refractivity contribution in [3.05, 3.63) is 24.8 Å². The van der Waals surface area contributed by atoms with Crippen LogP contribution in [0.2, 0.25) is 0 Å². The van der Waals surface area contributed by atoms with Crippen LogP contribution in [0.15, 0.2) is 24.8 Å². The highest BCUT2D eigenvalue weighted by molar-refractivity contribution is 5.66. The molecule has 0 aromatic carbocycles. The Kier molecular flexibility index (Phi) is 3.85. The quantitative estimate of drug-likeness (QED) is 0.527. The fraction of sp³-hybridized carbons (Fsp3) is 0.500. The van der Waals surface area contributed by atoms with E-state index in [1.54, 1.807) is 18.2 Å². The van der Waals surface area contributed by atoms with E-state index in [4.69, 9.17) is 14.6 Å². The molecule has 3 atom stereocenters. The Morgan fingerprint density at radius 3 is 2.93 bits per heavy atom. The van der Waals surface area contributed by atoms with Crippen LogP contribution in [0.1, 0.15) is 6.92 Å². The van der Waals surface area contributed by atoms with Gasteiger partial charge in [-0.15, -0.1) is 6.58 Å². The van der Waals surface area contributed by atoms with Gasteiger partial charge in [0.15, 0.2) is 0 Å². The lowest BCUT2D eigenvalue weighted by molar-refractivity contribution is -0.155. The molecule has 0 saturated carbocycles. The summed E-state index contributed by atoms with van der Waals surface area (Å²) < 4.78 is 10.3. The smallest absolute Gasteiger partial charge is 0.303 e. The van der Waals surface area contributed by atoms with Crippen molar-refractivity contribution in [2.24, 2.45) is 0 Å². The minimum atomic E-state index is -0.508. The average molecular weight is 198 g/mol. The molecular weight excluding hydrogens is 184 g/mol. The molecule has 1 aliphatic rings. The van der Waals surface area contributed by atoms with Gasteiger partial charge in [-0.1, -0.05) is 12.2 Å². The molecule has 1 aliphatic heterocycles. The molecular formula is C10H14O4. The zero-order valence-electron chi connectivity index (χ0n) is 8.05. The maximum absolute atomic E-state index is 10.7. The van der Waals surface area contributed by atoms with E-state index in [-0.39, 0.29) is 12.7 Å².